The highest BCUT2D eigenvalue weighted by molar-refractivity contribution is 7.90. The molecule has 1 aromatic heterocycles. The molecular formula is C23H26N2O7S2. The van der Waals surface area contributed by atoms with E-state index in [-0.39, 0.29) is 17.1 Å². The number of hydrogen-bond acceptors (Lipinski definition) is 7. The van der Waals surface area contributed by atoms with Crippen LogP contribution in [0.3, 0.4) is 0 Å². The number of hydrogen-bond donors (Lipinski definition) is 3. The van der Waals surface area contributed by atoms with Gasteiger partial charge in [0.1, 0.15) is 17.4 Å². The van der Waals surface area contributed by atoms with Crippen LogP contribution in [0.15, 0.2) is 57.8 Å². The first-order valence-corrected chi connectivity index (χ1v) is 14.2. The smallest absolute Gasteiger partial charge is 0.261 e. The van der Waals surface area contributed by atoms with Crippen LogP contribution in [0.4, 0.5) is 0 Å². The van der Waals surface area contributed by atoms with Gasteiger partial charge in [-0.15, -0.1) is 0 Å². The first-order chi connectivity index (χ1) is 16.2. The monoisotopic (exact) mass is 506 g/mol. The molecule has 0 radical (unpaired) electrons. The topological polar surface area (TPSA) is 143 Å². The lowest BCUT2D eigenvalue weighted by atomic mass is 9.96. The zero-order valence-electron chi connectivity index (χ0n) is 18.4. The molecule has 0 aliphatic heterocycles. The minimum atomic E-state index is -4.21. The quantitative estimate of drug-likeness (QED) is 0.299. The van der Waals surface area contributed by atoms with E-state index < -0.39 is 37.6 Å². The summed E-state index contributed by atoms with van der Waals surface area (Å²) in [5.41, 5.74) is 3.54. The van der Waals surface area contributed by atoms with E-state index in [1.54, 1.807) is 36.4 Å². The first kappa shape index (κ1) is 24.4. The fourth-order valence-electron chi connectivity index (χ4n) is 4.19. The van der Waals surface area contributed by atoms with Gasteiger partial charge in [0.2, 0.25) is 10.0 Å². The Morgan fingerprint density at radius 1 is 1.03 bits per heavy atom. The van der Waals surface area contributed by atoms with Crippen molar-refractivity contribution in [3.05, 3.63) is 65.4 Å². The van der Waals surface area contributed by atoms with Crippen LogP contribution in [0.1, 0.15) is 36.1 Å². The third kappa shape index (κ3) is 5.49. The van der Waals surface area contributed by atoms with E-state index in [1.165, 1.54) is 17.6 Å². The van der Waals surface area contributed by atoms with Crippen LogP contribution in [-0.2, 0) is 43.2 Å². The fraction of sp³-hybridized carbons (Fsp3) is 0.348. The Labute approximate surface area is 198 Å². The predicted molar refractivity (Wildman–Crippen MR) is 125 cm³/mol. The molecule has 182 valence electrons. The molecule has 0 saturated heterocycles. The third-order valence-corrected chi connectivity index (χ3v) is 9.01. The minimum Gasteiger partial charge on any atom is -0.461 e. The lowest BCUT2D eigenvalue weighted by Crippen LogP contribution is -2.46. The maximum atomic E-state index is 13.0. The number of benzene rings is 2. The van der Waals surface area contributed by atoms with Crippen LogP contribution in [0.5, 0.6) is 0 Å². The average Bonchev–Trinajstić information content (AvgIpc) is 3.19. The number of sulfone groups is 1. The molecule has 1 unspecified atom stereocenters. The van der Waals surface area contributed by atoms with Crippen LogP contribution in [0.2, 0.25) is 0 Å². The summed E-state index contributed by atoms with van der Waals surface area (Å²) in [6.07, 6.45) is 3.40. The second-order valence-electron chi connectivity index (χ2n) is 8.39. The lowest BCUT2D eigenvalue weighted by Gasteiger charge is -2.17. The molecule has 1 amide bonds. The number of fused-ring (bicyclic) bond motifs is 3. The van der Waals surface area contributed by atoms with Gasteiger partial charge in [-0.3, -0.25) is 10.0 Å². The van der Waals surface area contributed by atoms with Crippen molar-refractivity contribution in [2.75, 3.05) is 5.75 Å². The van der Waals surface area contributed by atoms with Crippen molar-refractivity contribution in [2.24, 2.45) is 0 Å². The highest BCUT2D eigenvalue weighted by atomic mass is 32.2. The highest BCUT2D eigenvalue weighted by Gasteiger charge is 2.28. The van der Waals surface area contributed by atoms with E-state index in [2.05, 4.69) is 4.72 Å². The van der Waals surface area contributed by atoms with Gasteiger partial charge in [-0.2, -0.15) is 4.72 Å². The molecule has 0 fully saturated rings. The number of furan rings is 1. The van der Waals surface area contributed by atoms with Gasteiger partial charge in [0.05, 0.1) is 16.4 Å². The summed E-state index contributed by atoms with van der Waals surface area (Å²) < 4.78 is 59.1. The van der Waals surface area contributed by atoms with Crippen LogP contribution < -0.4 is 10.2 Å². The van der Waals surface area contributed by atoms with Crippen LogP contribution in [-0.4, -0.2) is 39.7 Å². The van der Waals surface area contributed by atoms with E-state index in [1.807, 2.05) is 0 Å². The maximum Gasteiger partial charge on any atom is 0.261 e. The van der Waals surface area contributed by atoms with Gasteiger partial charge in [-0.05, 0) is 43.4 Å². The summed E-state index contributed by atoms with van der Waals surface area (Å²) in [5, 5.41) is 9.94. The normalized spacial score (nSPS) is 15.1. The van der Waals surface area contributed by atoms with Crippen LogP contribution in [0, 0.1) is 0 Å². The zero-order valence-corrected chi connectivity index (χ0v) is 20.0. The summed E-state index contributed by atoms with van der Waals surface area (Å²) in [5.74, 6) is -0.877. The number of rotatable bonds is 9. The Hall–Kier alpha value is -2.73. The predicted octanol–water partition coefficient (Wildman–Crippen LogP) is 2.47. The second kappa shape index (κ2) is 9.87. The van der Waals surface area contributed by atoms with E-state index in [9.17, 15) is 21.6 Å². The van der Waals surface area contributed by atoms with Crippen molar-refractivity contribution >= 4 is 36.7 Å². The Kier molecular flexibility index (Phi) is 7.08. The van der Waals surface area contributed by atoms with Crippen molar-refractivity contribution in [3.8, 4) is 0 Å². The van der Waals surface area contributed by atoms with Gasteiger partial charge >= 0.3 is 0 Å². The number of hydroxylamine groups is 1. The van der Waals surface area contributed by atoms with E-state index in [0.717, 1.165) is 42.4 Å². The van der Waals surface area contributed by atoms with Gasteiger partial charge in [0, 0.05) is 23.4 Å². The number of nitrogens with one attached hydrogen (secondary N) is 2. The Bertz CT molecular complexity index is 1400. The van der Waals surface area contributed by atoms with E-state index in [0.29, 0.717) is 11.1 Å². The molecule has 0 spiro atoms. The van der Waals surface area contributed by atoms with Gasteiger partial charge < -0.3 is 4.42 Å². The SMILES string of the molecule is O=C(NO)C(CCS(=O)(=O)Cc1ccccc1)NS(=O)(=O)c1ccc2c3c(oc2c1)CCCC3. The van der Waals surface area contributed by atoms with Crippen molar-refractivity contribution < 1.29 is 31.3 Å². The number of sulfonamides is 1. The summed E-state index contributed by atoms with van der Waals surface area (Å²) in [4.78, 5) is 12.0. The summed E-state index contributed by atoms with van der Waals surface area (Å²) in [6, 6.07) is 11.6. The molecular weight excluding hydrogens is 480 g/mol. The minimum absolute atomic E-state index is 0.117. The summed E-state index contributed by atoms with van der Waals surface area (Å²) >= 11 is 0. The van der Waals surface area contributed by atoms with Crippen LogP contribution in [0.25, 0.3) is 11.0 Å². The van der Waals surface area contributed by atoms with Gasteiger partial charge in [-0.25, -0.2) is 22.3 Å². The molecule has 4 rings (SSSR count). The molecule has 2 aromatic carbocycles. The van der Waals surface area contributed by atoms with Gasteiger partial charge in [0.25, 0.3) is 5.91 Å². The standard InChI is InChI=1S/C23H26N2O7S2/c26-23(24-27)20(12-13-33(28,29)15-16-6-2-1-3-7-16)25-34(30,31)17-10-11-19-18-8-4-5-9-21(18)32-22(19)14-17/h1-3,6-7,10-11,14,20,25,27H,4-5,8-9,12-13,15H2,(H,24,26). The molecule has 0 saturated carbocycles. The maximum absolute atomic E-state index is 13.0. The van der Waals surface area contributed by atoms with Crippen LogP contribution >= 0.6 is 0 Å². The average molecular weight is 507 g/mol. The number of aryl methyl sites for hydroxylation is 2. The lowest BCUT2D eigenvalue weighted by molar-refractivity contribution is -0.130. The molecule has 9 nitrogen and oxygen atoms in total. The fourth-order valence-corrected chi connectivity index (χ4v) is 6.87. The molecule has 3 N–H and O–H groups in total. The molecule has 1 heterocycles. The molecule has 3 aromatic rings. The Morgan fingerprint density at radius 3 is 2.50 bits per heavy atom. The van der Waals surface area contributed by atoms with Gasteiger partial charge in [0.15, 0.2) is 9.84 Å². The summed E-state index contributed by atoms with van der Waals surface area (Å²) in [6.45, 7) is 0. The highest BCUT2D eigenvalue weighted by Crippen LogP contribution is 2.33. The zero-order chi connectivity index (χ0) is 24.3. The van der Waals surface area contributed by atoms with Crippen molar-refractivity contribution in [1.82, 2.24) is 10.2 Å². The third-order valence-electron chi connectivity index (χ3n) is 5.91. The summed E-state index contributed by atoms with van der Waals surface area (Å²) in [7, 11) is -7.84. The largest absolute Gasteiger partial charge is 0.461 e. The van der Waals surface area contributed by atoms with E-state index >= 15 is 0 Å². The van der Waals surface area contributed by atoms with Gasteiger partial charge in [-0.1, -0.05) is 30.3 Å². The molecule has 1 aliphatic rings. The Balaban J connectivity index is 1.51. The van der Waals surface area contributed by atoms with Crippen molar-refractivity contribution in [2.45, 2.75) is 48.8 Å². The molecule has 1 atom stereocenters. The number of amides is 1. The first-order valence-electron chi connectivity index (χ1n) is 10.9. The van der Waals surface area contributed by atoms with Crippen molar-refractivity contribution in [1.29, 1.82) is 0 Å². The van der Waals surface area contributed by atoms with E-state index in [4.69, 9.17) is 9.62 Å². The van der Waals surface area contributed by atoms with Crippen molar-refractivity contribution in [3.63, 3.8) is 0 Å². The molecule has 34 heavy (non-hydrogen) atoms. The number of carbonyl (C=O) groups is 1. The number of carbonyl (C=O) groups excluding carboxylic acids is 1. The second-order valence-corrected chi connectivity index (χ2v) is 12.3. The molecule has 0 bridgehead atoms. The molecule has 1 aliphatic carbocycles. The Morgan fingerprint density at radius 2 is 1.76 bits per heavy atom. The molecule has 11 heteroatoms.